The Bertz CT molecular complexity index is 684. The van der Waals surface area contributed by atoms with E-state index >= 15 is 0 Å². The Morgan fingerprint density at radius 2 is 2.21 bits per heavy atom. The van der Waals surface area contributed by atoms with Gasteiger partial charge in [-0.25, -0.2) is 4.98 Å². The number of imidazole rings is 1. The maximum atomic E-state index is 8.88. The molecule has 1 aromatic carbocycles. The lowest BCUT2D eigenvalue weighted by Gasteiger charge is -2.00. The zero-order valence-electron chi connectivity index (χ0n) is 10.8. The van der Waals surface area contributed by atoms with Crippen LogP contribution in [0.4, 0.5) is 0 Å². The van der Waals surface area contributed by atoms with Crippen LogP contribution in [0.5, 0.6) is 0 Å². The Balaban J connectivity index is 2.05. The Morgan fingerprint density at radius 1 is 1.32 bits per heavy atom. The fraction of sp³-hybridized carbons (Fsp3) is 0.267. The van der Waals surface area contributed by atoms with E-state index in [0.29, 0.717) is 0 Å². The first-order chi connectivity index (χ1) is 9.29. The number of aliphatic hydroxyl groups is 1. The summed E-state index contributed by atoms with van der Waals surface area (Å²) in [6.07, 6.45) is 3.31. The van der Waals surface area contributed by atoms with E-state index in [1.54, 1.807) is 6.26 Å². The molecule has 0 aliphatic rings. The minimum atomic E-state index is 0.220. The summed E-state index contributed by atoms with van der Waals surface area (Å²) in [4.78, 5) is 4.63. The van der Waals surface area contributed by atoms with Crippen LogP contribution in [0.2, 0.25) is 0 Å². The third-order valence-electron chi connectivity index (χ3n) is 3.31. The van der Waals surface area contributed by atoms with E-state index in [1.807, 2.05) is 23.7 Å². The molecule has 0 saturated heterocycles. The van der Waals surface area contributed by atoms with Crippen LogP contribution in [-0.2, 0) is 13.5 Å². The average molecular weight is 256 g/mol. The van der Waals surface area contributed by atoms with Crippen LogP contribution in [-0.4, -0.2) is 21.3 Å². The minimum Gasteiger partial charge on any atom is -0.461 e. The van der Waals surface area contributed by atoms with Gasteiger partial charge in [0.2, 0.25) is 0 Å². The van der Waals surface area contributed by atoms with Crippen molar-refractivity contribution in [3.63, 3.8) is 0 Å². The van der Waals surface area contributed by atoms with Crippen molar-refractivity contribution >= 4 is 11.0 Å². The molecule has 0 aliphatic heterocycles. The molecule has 3 rings (SSSR count). The van der Waals surface area contributed by atoms with Crippen LogP contribution in [0.3, 0.4) is 0 Å². The minimum absolute atomic E-state index is 0.220. The highest BCUT2D eigenvalue weighted by Gasteiger charge is 2.12. The molecule has 0 saturated carbocycles. The van der Waals surface area contributed by atoms with Crippen LogP contribution < -0.4 is 0 Å². The lowest BCUT2D eigenvalue weighted by molar-refractivity contribution is 0.288. The van der Waals surface area contributed by atoms with Gasteiger partial charge in [-0.05, 0) is 42.7 Å². The number of hydrogen-bond acceptors (Lipinski definition) is 3. The fourth-order valence-electron chi connectivity index (χ4n) is 2.31. The summed E-state index contributed by atoms with van der Waals surface area (Å²) < 4.78 is 7.44. The first-order valence-corrected chi connectivity index (χ1v) is 6.39. The highest BCUT2D eigenvalue weighted by atomic mass is 16.3. The number of aliphatic hydroxyl groups excluding tert-OH is 1. The summed E-state index contributed by atoms with van der Waals surface area (Å²) in [5, 5.41) is 8.88. The Kier molecular flexibility index (Phi) is 3.09. The van der Waals surface area contributed by atoms with Gasteiger partial charge in [-0.15, -0.1) is 0 Å². The van der Waals surface area contributed by atoms with E-state index in [2.05, 4.69) is 23.2 Å². The van der Waals surface area contributed by atoms with Crippen molar-refractivity contribution in [3.05, 3.63) is 42.2 Å². The van der Waals surface area contributed by atoms with E-state index in [1.165, 1.54) is 5.56 Å². The second kappa shape index (κ2) is 4.90. The lowest BCUT2D eigenvalue weighted by Crippen LogP contribution is -1.91. The zero-order chi connectivity index (χ0) is 13.2. The summed E-state index contributed by atoms with van der Waals surface area (Å²) in [6, 6.07) is 10.0. The van der Waals surface area contributed by atoms with Crippen molar-refractivity contribution in [2.75, 3.05) is 6.61 Å². The van der Waals surface area contributed by atoms with Crippen molar-refractivity contribution in [1.29, 1.82) is 0 Å². The highest BCUT2D eigenvalue weighted by Crippen LogP contribution is 2.24. The molecule has 0 bridgehead atoms. The van der Waals surface area contributed by atoms with Crippen molar-refractivity contribution in [1.82, 2.24) is 9.55 Å². The molecule has 0 fully saturated rings. The van der Waals surface area contributed by atoms with Gasteiger partial charge < -0.3 is 14.1 Å². The topological polar surface area (TPSA) is 51.2 Å². The molecule has 0 spiro atoms. The molecule has 4 nitrogen and oxygen atoms in total. The number of benzene rings is 1. The van der Waals surface area contributed by atoms with Gasteiger partial charge in [0.15, 0.2) is 11.6 Å². The quantitative estimate of drug-likeness (QED) is 0.781. The van der Waals surface area contributed by atoms with Crippen LogP contribution in [0, 0.1) is 0 Å². The highest BCUT2D eigenvalue weighted by molar-refractivity contribution is 5.80. The second-order valence-electron chi connectivity index (χ2n) is 4.62. The van der Waals surface area contributed by atoms with E-state index in [-0.39, 0.29) is 6.61 Å². The largest absolute Gasteiger partial charge is 0.461 e. The van der Waals surface area contributed by atoms with Crippen molar-refractivity contribution in [3.8, 4) is 11.6 Å². The third kappa shape index (κ3) is 2.15. The standard InChI is InChI=1S/C15H16N2O2/c1-17-13-7-6-11(4-2-8-18)10-12(13)16-15(17)14-5-3-9-19-14/h3,5-7,9-10,18H,2,4,8H2,1H3. The predicted octanol–water partition coefficient (Wildman–Crippen LogP) is 2.76. The number of furan rings is 1. The SMILES string of the molecule is Cn1c(-c2ccco2)nc2cc(CCCO)ccc21. The maximum absolute atomic E-state index is 8.88. The maximum Gasteiger partial charge on any atom is 0.176 e. The number of aromatic nitrogens is 2. The van der Waals surface area contributed by atoms with Crippen molar-refractivity contribution < 1.29 is 9.52 Å². The first-order valence-electron chi connectivity index (χ1n) is 6.39. The molecule has 0 aliphatic carbocycles. The van der Waals surface area contributed by atoms with Gasteiger partial charge in [0.25, 0.3) is 0 Å². The Labute approximate surface area is 111 Å². The molecule has 0 atom stereocenters. The van der Waals surface area contributed by atoms with E-state index in [4.69, 9.17) is 9.52 Å². The monoisotopic (exact) mass is 256 g/mol. The second-order valence-corrected chi connectivity index (χ2v) is 4.62. The molecule has 0 radical (unpaired) electrons. The van der Waals surface area contributed by atoms with Gasteiger partial charge in [-0.1, -0.05) is 6.07 Å². The molecular formula is C15H16N2O2. The van der Waals surface area contributed by atoms with E-state index < -0.39 is 0 Å². The summed E-state index contributed by atoms with van der Waals surface area (Å²) in [5.41, 5.74) is 3.24. The number of aryl methyl sites for hydroxylation is 2. The normalized spacial score (nSPS) is 11.3. The Hall–Kier alpha value is -2.07. The predicted molar refractivity (Wildman–Crippen MR) is 73.8 cm³/mol. The summed E-state index contributed by atoms with van der Waals surface area (Å²) >= 11 is 0. The summed E-state index contributed by atoms with van der Waals surface area (Å²) in [6.45, 7) is 0.220. The summed E-state index contributed by atoms with van der Waals surface area (Å²) in [7, 11) is 1.99. The summed E-state index contributed by atoms with van der Waals surface area (Å²) in [5.74, 6) is 1.61. The van der Waals surface area contributed by atoms with Gasteiger partial charge in [-0.3, -0.25) is 0 Å². The van der Waals surface area contributed by atoms with Gasteiger partial charge >= 0.3 is 0 Å². The van der Waals surface area contributed by atoms with Gasteiger partial charge in [0, 0.05) is 13.7 Å². The van der Waals surface area contributed by atoms with E-state index in [0.717, 1.165) is 35.5 Å². The molecule has 4 heteroatoms. The molecule has 2 aromatic heterocycles. The number of rotatable bonds is 4. The Morgan fingerprint density at radius 3 is 2.95 bits per heavy atom. The van der Waals surface area contributed by atoms with E-state index in [9.17, 15) is 0 Å². The van der Waals surface area contributed by atoms with Crippen LogP contribution in [0.1, 0.15) is 12.0 Å². The average Bonchev–Trinajstić information content (AvgIpc) is 3.04. The van der Waals surface area contributed by atoms with Crippen molar-refractivity contribution in [2.24, 2.45) is 7.05 Å². The molecule has 98 valence electrons. The number of hydrogen-bond donors (Lipinski definition) is 1. The van der Waals surface area contributed by atoms with Crippen molar-refractivity contribution in [2.45, 2.75) is 12.8 Å². The molecule has 0 unspecified atom stereocenters. The number of fused-ring (bicyclic) bond motifs is 1. The molecule has 1 N–H and O–H groups in total. The third-order valence-corrected chi connectivity index (χ3v) is 3.31. The van der Waals surface area contributed by atoms with Crippen LogP contribution in [0.15, 0.2) is 41.0 Å². The molecule has 19 heavy (non-hydrogen) atoms. The fourth-order valence-corrected chi connectivity index (χ4v) is 2.31. The number of nitrogens with zero attached hydrogens (tertiary/aromatic N) is 2. The lowest BCUT2D eigenvalue weighted by atomic mass is 10.1. The molecule has 2 heterocycles. The van der Waals surface area contributed by atoms with Gasteiger partial charge in [0.1, 0.15) is 0 Å². The van der Waals surface area contributed by atoms with Crippen LogP contribution in [0.25, 0.3) is 22.6 Å². The molecule has 0 amide bonds. The molecular weight excluding hydrogens is 240 g/mol. The van der Waals surface area contributed by atoms with Crippen LogP contribution >= 0.6 is 0 Å². The van der Waals surface area contributed by atoms with Gasteiger partial charge in [-0.2, -0.15) is 0 Å². The van der Waals surface area contributed by atoms with Gasteiger partial charge in [0.05, 0.1) is 17.3 Å². The zero-order valence-corrected chi connectivity index (χ0v) is 10.8. The molecule has 3 aromatic rings. The first kappa shape index (κ1) is 12.0. The smallest absolute Gasteiger partial charge is 0.176 e.